The van der Waals surface area contributed by atoms with Crippen molar-refractivity contribution in [3.8, 4) is 0 Å². The molecule has 1 aliphatic rings. The van der Waals surface area contributed by atoms with Gasteiger partial charge in [-0.1, -0.05) is 48.0 Å². The van der Waals surface area contributed by atoms with Crippen molar-refractivity contribution in [2.75, 3.05) is 0 Å². The van der Waals surface area contributed by atoms with Crippen molar-refractivity contribution >= 4 is 46.5 Å². The summed E-state index contributed by atoms with van der Waals surface area (Å²) in [6.07, 6.45) is 13.9. The average molecular weight is 555 g/mol. The van der Waals surface area contributed by atoms with Gasteiger partial charge >= 0.3 is 5.97 Å². The van der Waals surface area contributed by atoms with Crippen LogP contribution in [0.4, 0.5) is 0 Å². The Morgan fingerprint density at radius 3 is 2.60 bits per heavy atom. The molecule has 4 aromatic rings. The second-order valence-corrected chi connectivity index (χ2v) is 10.1. The Morgan fingerprint density at radius 2 is 1.90 bits per heavy atom. The Bertz CT molecular complexity index is 1630. The zero-order valence-corrected chi connectivity index (χ0v) is 22.2. The number of aliphatic hydroxyl groups is 1. The molecule has 2 heterocycles. The molecule has 0 radical (unpaired) electrons. The molecule has 2 aromatic heterocycles. The van der Waals surface area contributed by atoms with Gasteiger partial charge in [-0.05, 0) is 78.4 Å². The first-order valence-corrected chi connectivity index (χ1v) is 13.2. The van der Waals surface area contributed by atoms with Crippen LogP contribution in [0.2, 0.25) is 5.02 Å². The lowest BCUT2D eigenvalue weighted by Gasteiger charge is -2.23. The largest absolute Gasteiger partial charge is 0.508 e. The van der Waals surface area contributed by atoms with E-state index >= 15 is 0 Å². The number of carboxylic acids is 1. The molecule has 9 heteroatoms. The van der Waals surface area contributed by atoms with Gasteiger partial charge in [0.15, 0.2) is 0 Å². The number of pyridine rings is 1. The maximum Gasteiger partial charge on any atom is 0.336 e. The number of aromatic carboxylic acids is 1. The summed E-state index contributed by atoms with van der Waals surface area (Å²) in [7, 11) is 0. The Hall–Kier alpha value is -4.69. The van der Waals surface area contributed by atoms with Gasteiger partial charge in [0.1, 0.15) is 11.5 Å². The van der Waals surface area contributed by atoms with E-state index in [4.69, 9.17) is 11.6 Å². The Morgan fingerprint density at radius 1 is 1.12 bits per heavy atom. The number of nitrogens with one attached hydrogen (secondary N) is 1. The molecule has 0 aliphatic heterocycles. The van der Waals surface area contributed by atoms with E-state index < -0.39 is 11.9 Å². The molecule has 1 amide bonds. The van der Waals surface area contributed by atoms with E-state index in [9.17, 15) is 19.8 Å². The molecule has 5 rings (SSSR count). The number of carbonyl (C=O) groups is 2. The highest BCUT2D eigenvalue weighted by molar-refractivity contribution is 6.30. The molecule has 0 saturated carbocycles. The molecule has 0 spiro atoms. The van der Waals surface area contributed by atoms with Crippen molar-refractivity contribution in [1.29, 1.82) is 0 Å². The fraction of sp³-hybridized carbons (Fsp3) is 0.161. The predicted octanol–water partition coefficient (Wildman–Crippen LogP) is 6.16. The van der Waals surface area contributed by atoms with Crippen LogP contribution in [0.5, 0.6) is 0 Å². The third-order valence-electron chi connectivity index (χ3n) is 6.69. The van der Waals surface area contributed by atoms with E-state index in [1.807, 2.05) is 48.7 Å². The van der Waals surface area contributed by atoms with Crippen LogP contribution in [-0.4, -0.2) is 42.9 Å². The lowest BCUT2D eigenvalue weighted by atomic mass is 9.92. The number of benzene rings is 2. The van der Waals surface area contributed by atoms with Crippen LogP contribution in [0, 0.1) is 5.92 Å². The summed E-state index contributed by atoms with van der Waals surface area (Å²) in [6.45, 7) is 0.432. The van der Waals surface area contributed by atoms with Crippen molar-refractivity contribution < 1.29 is 19.8 Å². The summed E-state index contributed by atoms with van der Waals surface area (Å²) in [5, 5.41) is 28.0. The fourth-order valence-corrected chi connectivity index (χ4v) is 4.80. The second kappa shape index (κ2) is 12.0. The summed E-state index contributed by atoms with van der Waals surface area (Å²) in [6, 6.07) is 15.5. The normalized spacial score (nSPS) is 15.7. The molecule has 3 N–H and O–H groups in total. The number of amides is 1. The minimum atomic E-state index is -1.15. The van der Waals surface area contributed by atoms with Crippen LogP contribution in [-0.2, 0) is 6.54 Å². The van der Waals surface area contributed by atoms with Gasteiger partial charge in [-0.3, -0.25) is 9.48 Å². The van der Waals surface area contributed by atoms with Gasteiger partial charge < -0.3 is 15.5 Å². The summed E-state index contributed by atoms with van der Waals surface area (Å²) in [5.41, 5.74) is 2.18. The molecule has 1 unspecified atom stereocenters. The van der Waals surface area contributed by atoms with Crippen LogP contribution in [0.15, 0.2) is 91.0 Å². The lowest BCUT2D eigenvalue weighted by Crippen LogP contribution is -2.40. The van der Waals surface area contributed by atoms with E-state index in [1.54, 1.807) is 47.3 Å². The molecule has 40 heavy (non-hydrogen) atoms. The Labute approximate surface area is 235 Å². The zero-order valence-electron chi connectivity index (χ0n) is 21.4. The number of nitrogens with zero attached hydrogens (tertiary/aromatic N) is 3. The molecule has 0 saturated heterocycles. The maximum absolute atomic E-state index is 13.4. The van der Waals surface area contributed by atoms with E-state index in [-0.39, 0.29) is 29.0 Å². The van der Waals surface area contributed by atoms with Gasteiger partial charge in [0.2, 0.25) is 0 Å². The number of carbonyl (C=O) groups excluding carboxylic acids is 1. The van der Waals surface area contributed by atoms with Crippen molar-refractivity contribution in [1.82, 2.24) is 20.1 Å². The third-order valence-corrected chi connectivity index (χ3v) is 6.94. The molecule has 202 valence electrons. The Kier molecular flexibility index (Phi) is 8.07. The molecular formula is C31H27ClN4O4. The van der Waals surface area contributed by atoms with E-state index in [1.165, 1.54) is 6.07 Å². The monoisotopic (exact) mass is 554 g/mol. The van der Waals surface area contributed by atoms with E-state index in [2.05, 4.69) is 15.4 Å². The SMILES string of the molecule is O=C(N[C@@H](CC1C=CC(O)=CC1)Cn1cccn1)c1cc(C(=O)O)c2cc(/C=C/c3ccc(Cl)cc3)ccc2n1. The molecule has 0 fully saturated rings. The van der Waals surface area contributed by atoms with Crippen molar-refractivity contribution in [3.05, 3.63) is 118 Å². The fourth-order valence-electron chi connectivity index (χ4n) is 4.67. The minimum Gasteiger partial charge on any atom is -0.508 e. The van der Waals surface area contributed by atoms with Crippen molar-refractivity contribution in [2.24, 2.45) is 5.92 Å². The highest BCUT2D eigenvalue weighted by Gasteiger charge is 2.22. The molecule has 0 bridgehead atoms. The first-order valence-electron chi connectivity index (χ1n) is 12.8. The first kappa shape index (κ1) is 26.9. The van der Waals surface area contributed by atoms with Crippen LogP contribution >= 0.6 is 11.6 Å². The summed E-state index contributed by atoms with van der Waals surface area (Å²) < 4.78 is 1.74. The maximum atomic E-state index is 13.4. The van der Waals surface area contributed by atoms with Crippen LogP contribution in [0.3, 0.4) is 0 Å². The summed E-state index contributed by atoms with van der Waals surface area (Å²) in [4.78, 5) is 30.1. The Balaban J connectivity index is 1.39. The highest BCUT2D eigenvalue weighted by Crippen LogP contribution is 2.24. The third kappa shape index (κ3) is 6.65. The number of rotatable bonds is 9. The average Bonchev–Trinajstić information content (AvgIpc) is 3.46. The van der Waals surface area contributed by atoms with E-state index in [0.717, 1.165) is 11.1 Å². The molecule has 1 aliphatic carbocycles. The number of halogens is 1. The number of fused-ring (bicyclic) bond motifs is 1. The van der Waals surface area contributed by atoms with Crippen molar-refractivity contribution in [2.45, 2.75) is 25.4 Å². The molecule has 8 nitrogen and oxygen atoms in total. The second-order valence-electron chi connectivity index (χ2n) is 9.64. The van der Waals surface area contributed by atoms with E-state index in [0.29, 0.717) is 35.3 Å². The summed E-state index contributed by atoms with van der Waals surface area (Å²) >= 11 is 5.95. The van der Waals surface area contributed by atoms with Crippen LogP contribution in [0.25, 0.3) is 23.1 Å². The smallest absolute Gasteiger partial charge is 0.336 e. The summed E-state index contributed by atoms with van der Waals surface area (Å²) in [5.74, 6) is -1.26. The first-order chi connectivity index (χ1) is 19.3. The number of hydrogen-bond acceptors (Lipinski definition) is 5. The lowest BCUT2D eigenvalue weighted by molar-refractivity contribution is 0.0699. The number of aliphatic hydroxyl groups excluding tert-OH is 1. The van der Waals surface area contributed by atoms with Gasteiger partial charge in [0.05, 0.1) is 17.6 Å². The van der Waals surface area contributed by atoms with Crippen LogP contribution in [0.1, 0.15) is 44.8 Å². The molecule has 2 atom stereocenters. The number of carboxylic acid groups (broad SMARTS) is 1. The van der Waals surface area contributed by atoms with Gasteiger partial charge in [-0.25, -0.2) is 9.78 Å². The van der Waals surface area contributed by atoms with Crippen LogP contribution < -0.4 is 5.32 Å². The van der Waals surface area contributed by atoms with Gasteiger partial charge in [-0.2, -0.15) is 5.10 Å². The van der Waals surface area contributed by atoms with Gasteiger partial charge in [0, 0.05) is 28.8 Å². The number of aromatic nitrogens is 3. The number of allylic oxidation sites excluding steroid dienone is 3. The predicted molar refractivity (Wildman–Crippen MR) is 155 cm³/mol. The molecule has 2 aromatic carbocycles. The quantitative estimate of drug-likeness (QED) is 0.213. The molecular weight excluding hydrogens is 528 g/mol. The zero-order chi connectivity index (χ0) is 28.1. The number of hydrogen-bond donors (Lipinski definition) is 3. The van der Waals surface area contributed by atoms with Crippen molar-refractivity contribution in [3.63, 3.8) is 0 Å². The standard InChI is InChI=1S/C31H27ClN4O4/c32-23-9-4-20(5-10-23)2-3-22-8-13-28-26(17-22)27(31(39)40)18-29(35-28)30(38)34-24(19-36-15-1-14-33-36)16-21-6-11-25(37)12-7-21/h1-6,8-15,17-18,21,24,37H,7,16,19H2,(H,34,38)(H,39,40)/b3-2+/t21?,24-/m0/s1. The topological polar surface area (TPSA) is 117 Å². The van der Waals surface area contributed by atoms with Gasteiger partial charge in [-0.15, -0.1) is 0 Å². The van der Waals surface area contributed by atoms with Gasteiger partial charge in [0.25, 0.3) is 5.91 Å². The minimum absolute atomic E-state index is 0.00338. The highest BCUT2D eigenvalue weighted by atomic mass is 35.5.